The van der Waals surface area contributed by atoms with E-state index in [1.54, 1.807) is 0 Å². The number of likely N-dealkylation sites (N-methyl/N-ethyl adjacent to an activating group) is 1. The Morgan fingerprint density at radius 2 is 0.740 bits per heavy atom. The van der Waals surface area contributed by atoms with E-state index in [4.69, 9.17) is 18.9 Å². The quantitative estimate of drug-likeness (QED) is 0.0195. The molecule has 0 amide bonds. The van der Waals surface area contributed by atoms with Gasteiger partial charge in [0.25, 0.3) is 0 Å². The highest BCUT2D eigenvalue weighted by atomic mass is 16.7. The summed E-state index contributed by atoms with van der Waals surface area (Å²) in [6.45, 7) is 4.57. The fourth-order valence-electron chi connectivity index (χ4n) is 7.98. The van der Waals surface area contributed by atoms with Crippen LogP contribution in [0.5, 0.6) is 0 Å². The molecule has 0 radical (unpaired) electrons. The van der Waals surface area contributed by atoms with Crippen molar-refractivity contribution >= 4 is 17.9 Å². The van der Waals surface area contributed by atoms with Gasteiger partial charge in [0.05, 0.1) is 40.3 Å². The number of hydrogen-bond donors (Lipinski definition) is 0. The molecular weight excluding hydrogens is 959 g/mol. The van der Waals surface area contributed by atoms with Gasteiger partial charge >= 0.3 is 11.9 Å². The van der Waals surface area contributed by atoms with Gasteiger partial charge < -0.3 is 33.3 Å². The lowest BCUT2D eigenvalue weighted by Crippen LogP contribution is -2.44. The number of aliphatic carboxylic acids is 1. The monoisotopic (exact) mass is 1070 g/mol. The second-order valence-electron chi connectivity index (χ2n) is 21.3. The third-order valence-corrected chi connectivity index (χ3v) is 12.7. The highest BCUT2D eigenvalue weighted by Crippen LogP contribution is 2.15. The molecule has 0 aromatic rings. The van der Waals surface area contributed by atoms with Gasteiger partial charge in [0.2, 0.25) is 0 Å². The van der Waals surface area contributed by atoms with Crippen LogP contribution in [0.2, 0.25) is 0 Å². The fraction of sp³-hybridized carbons (Fsp3) is 0.662. The van der Waals surface area contributed by atoms with Gasteiger partial charge in [0, 0.05) is 12.8 Å². The van der Waals surface area contributed by atoms with Crippen molar-refractivity contribution in [3.05, 3.63) is 122 Å². The molecule has 9 nitrogen and oxygen atoms in total. The number of carbonyl (C=O) groups excluding carboxylic acids is 3. The molecule has 0 spiro atoms. The molecular formula is C68H113NO8. The number of carbonyl (C=O) groups is 3. The molecule has 2 atom stereocenters. The Hall–Kier alpha value is -4.31. The van der Waals surface area contributed by atoms with Gasteiger partial charge in [-0.25, -0.2) is 0 Å². The topological polar surface area (TPSA) is 111 Å². The zero-order valence-electron chi connectivity index (χ0n) is 49.8. The van der Waals surface area contributed by atoms with Gasteiger partial charge in [0.15, 0.2) is 12.4 Å². The maximum absolute atomic E-state index is 12.8. The molecule has 0 aromatic heterocycles. The predicted molar refractivity (Wildman–Crippen MR) is 324 cm³/mol. The van der Waals surface area contributed by atoms with Crippen molar-refractivity contribution in [1.29, 1.82) is 0 Å². The standard InChI is InChI=1S/C68H113NO8/c1-6-8-10-12-14-16-18-19-20-21-22-23-24-25-26-27-28-29-30-31-32-33-34-35-36-37-38-39-40-41-42-43-44-45-46-47-49-51-53-55-57-59-66(71)77-64(63-76-68(67(72)73)74-61-60-69(3,4)5)62-75-65(70)58-56-54-52-50-48-17-15-13-11-9-7-2/h8,10,13-16,19-20,22-23,25-26,28-29,31-32,34-35,37-38,64,68H,6-7,9,11-12,17-18,21,24,27,30,33,36,39-63H2,1-5H3/b10-8-,15-13-,16-14-,20-19-,23-22-,26-25-,29-28-,32-31-,35-34-,38-37-. The Kier molecular flexibility index (Phi) is 54.6. The molecule has 77 heavy (non-hydrogen) atoms. The van der Waals surface area contributed by atoms with Crippen LogP contribution in [0, 0.1) is 0 Å². The second-order valence-corrected chi connectivity index (χ2v) is 21.3. The van der Waals surface area contributed by atoms with Crippen LogP contribution in [0.3, 0.4) is 0 Å². The number of rotatable bonds is 55. The maximum atomic E-state index is 12.8. The number of carboxylic acid groups (broad SMARTS) is 1. The summed E-state index contributed by atoms with van der Waals surface area (Å²) in [4.78, 5) is 37.2. The number of allylic oxidation sites excluding steroid dienone is 20. The Balaban J connectivity index is 4.05. The lowest BCUT2D eigenvalue weighted by atomic mass is 10.0. The number of quaternary nitrogens is 1. The summed E-state index contributed by atoms with van der Waals surface area (Å²) in [7, 11) is 5.91. The zero-order chi connectivity index (χ0) is 56.2. The summed E-state index contributed by atoms with van der Waals surface area (Å²) in [5, 5.41) is 11.7. The van der Waals surface area contributed by atoms with Crippen LogP contribution in [-0.2, 0) is 33.3 Å². The first-order valence-corrected chi connectivity index (χ1v) is 30.7. The van der Waals surface area contributed by atoms with Crippen molar-refractivity contribution in [3.8, 4) is 0 Å². The van der Waals surface area contributed by atoms with Crippen molar-refractivity contribution in [2.45, 2.75) is 245 Å². The third-order valence-electron chi connectivity index (χ3n) is 12.7. The van der Waals surface area contributed by atoms with Gasteiger partial charge in [-0.3, -0.25) is 9.59 Å². The largest absolute Gasteiger partial charge is 0.545 e. The molecule has 0 aliphatic rings. The predicted octanol–water partition coefficient (Wildman–Crippen LogP) is 17.1. The van der Waals surface area contributed by atoms with Crippen LogP contribution < -0.4 is 5.11 Å². The zero-order valence-corrected chi connectivity index (χ0v) is 49.8. The smallest absolute Gasteiger partial charge is 0.306 e. The Morgan fingerprint density at radius 3 is 1.12 bits per heavy atom. The Morgan fingerprint density at radius 1 is 0.403 bits per heavy atom. The minimum atomic E-state index is -1.63. The number of esters is 2. The first kappa shape index (κ1) is 72.7. The lowest BCUT2D eigenvalue weighted by molar-refractivity contribution is -0.870. The van der Waals surface area contributed by atoms with E-state index in [1.807, 2.05) is 21.1 Å². The molecule has 0 N–H and O–H groups in total. The van der Waals surface area contributed by atoms with E-state index in [-0.39, 0.29) is 38.6 Å². The SMILES string of the molecule is CC/C=C\C/C=C\C/C=C\C/C=C\C/C=C\C/C=C\C/C=C\C/C=C\C/C=C\CCCCCCCCCCCCCCCC(=O)OC(COC(=O)CCCCCCC/C=C\CCCC)COC(OCC[N+](C)(C)C)C(=O)[O-]. The summed E-state index contributed by atoms with van der Waals surface area (Å²) < 4.78 is 22.6. The number of carboxylic acids is 1. The maximum Gasteiger partial charge on any atom is 0.306 e. The summed E-state index contributed by atoms with van der Waals surface area (Å²) in [5.41, 5.74) is 0. The van der Waals surface area contributed by atoms with Crippen LogP contribution >= 0.6 is 0 Å². The average Bonchev–Trinajstić information content (AvgIpc) is 3.40. The van der Waals surface area contributed by atoms with Crippen LogP contribution in [0.15, 0.2) is 122 Å². The highest BCUT2D eigenvalue weighted by Gasteiger charge is 2.22. The lowest BCUT2D eigenvalue weighted by Gasteiger charge is -2.26. The van der Waals surface area contributed by atoms with Crippen LogP contribution in [0.1, 0.15) is 232 Å². The van der Waals surface area contributed by atoms with Gasteiger partial charge in [0.1, 0.15) is 13.2 Å². The van der Waals surface area contributed by atoms with E-state index in [0.717, 1.165) is 122 Å². The van der Waals surface area contributed by atoms with E-state index < -0.39 is 24.3 Å². The normalized spacial score (nSPS) is 13.6. The molecule has 0 fully saturated rings. The summed E-state index contributed by atoms with van der Waals surface area (Å²) in [6, 6.07) is 0. The molecule has 0 bridgehead atoms. The number of hydrogen-bond acceptors (Lipinski definition) is 8. The summed E-state index contributed by atoms with van der Waals surface area (Å²) in [5.74, 6) is -2.30. The minimum absolute atomic E-state index is 0.142. The molecule has 0 rings (SSSR count). The fourth-order valence-corrected chi connectivity index (χ4v) is 7.98. The van der Waals surface area contributed by atoms with Gasteiger partial charge in [-0.05, 0) is 103 Å². The van der Waals surface area contributed by atoms with Crippen LogP contribution in [0.4, 0.5) is 0 Å². The average molecular weight is 1070 g/mol. The molecule has 438 valence electrons. The van der Waals surface area contributed by atoms with E-state index >= 15 is 0 Å². The molecule has 9 heteroatoms. The highest BCUT2D eigenvalue weighted by molar-refractivity contribution is 5.70. The van der Waals surface area contributed by atoms with Crippen molar-refractivity contribution in [2.75, 3.05) is 47.5 Å². The van der Waals surface area contributed by atoms with Crippen LogP contribution in [0.25, 0.3) is 0 Å². The first-order chi connectivity index (χ1) is 37.6. The molecule has 0 saturated carbocycles. The van der Waals surface area contributed by atoms with E-state index in [9.17, 15) is 19.5 Å². The molecule has 0 aromatic carbocycles. The molecule has 0 heterocycles. The number of ether oxygens (including phenoxy) is 4. The van der Waals surface area contributed by atoms with E-state index in [2.05, 4.69) is 135 Å². The summed E-state index contributed by atoms with van der Waals surface area (Å²) in [6.07, 6.45) is 78.5. The van der Waals surface area contributed by atoms with E-state index in [0.29, 0.717) is 17.4 Å². The number of nitrogens with zero attached hydrogens (tertiary/aromatic N) is 1. The van der Waals surface area contributed by atoms with Crippen molar-refractivity contribution in [3.63, 3.8) is 0 Å². The first-order valence-electron chi connectivity index (χ1n) is 30.7. The van der Waals surface area contributed by atoms with Crippen molar-refractivity contribution < 1.29 is 42.9 Å². The molecule has 2 unspecified atom stereocenters. The molecule has 0 saturated heterocycles. The Bertz CT molecular complexity index is 1670. The molecule has 0 aliphatic carbocycles. The Labute approximate surface area is 472 Å². The van der Waals surface area contributed by atoms with Crippen molar-refractivity contribution in [2.24, 2.45) is 0 Å². The van der Waals surface area contributed by atoms with Gasteiger partial charge in [-0.1, -0.05) is 238 Å². The van der Waals surface area contributed by atoms with E-state index in [1.165, 1.54) is 77.0 Å². The summed E-state index contributed by atoms with van der Waals surface area (Å²) >= 11 is 0. The minimum Gasteiger partial charge on any atom is -0.545 e. The third kappa shape index (κ3) is 59.2. The van der Waals surface area contributed by atoms with Gasteiger partial charge in [-0.2, -0.15) is 0 Å². The van der Waals surface area contributed by atoms with Gasteiger partial charge in [-0.15, -0.1) is 0 Å². The van der Waals surface area contributed by atoms with Crippen molar-refractivity contribution in [1.82, 2.24) is 0 Å². The van der Waals surface area contributed by atoms with Crippen LogP contribution in [-0.4, -0.2) is 82.3 Å². The second kappa shape index (κ2) is 57.9. The molecule has 0 aliphatic heterocycles. The number of unbranched alkanes of at least 4 members (excludes halogenated alkanes) is 20.